The first-order chi connectivity index (χ1) is 18.2. The molecule has 13 heteroatoms. The summed E-state index contributed by atoms with van der Waals surface area (Å²) in [6, 6.07) is 9.27. The highest BCUT2D eigenvalue weighted by Crippen LogP contribution is 2.42. The number of benzene rings is 2. The molecular weight excluding hydrogens is 522 g/mol. The van der Waals surface area contributed by atoms with Crippen molar-refractivity contribution >= 4 is 44.7 Å². The second kappa shape index (κ2) is 9.41. The summed E-state index contributed by atoms with van der Waals surface area (Å²) < 4.78 is 68.0. The zero-order valence-electron chi connectivity index (χ0n) is 20.1. The number of pyridine rings is 1. The van der Waals surface area contributed by atoms with Gasteiger partial charge in [-0.2, -0.15) is 0 Å². The zero-order chi connectivity index (χ0) is 27.2. The van der Waals surface area contributed by atoms with Gasteiger partial charge in [-0.1, -0.05) is 18.2 Å². The van der Waals surface area contributed by atoms with Crippen molar-refractivity contribution in [2.24, 2.45) is 0 Å². The maximum absolute atomic E-state index is 15.3. The minimum Gasteiger partial charge on any atom is -0.493 e. The smallest absolute Gasteiger partial charge is 0.329 e. The van der Waals surface area contributed by atoms with E-state index < -0.39 is 39.9 Å². The fourth-order valence-electron chi connectivity index (χ4n) is 4.43. The summed E-state index contributed by atoms with van der Waals surface area (Å²) in [4.78, 5) is 31.3. The molecule has 196 valence electrons. The molecule has 0 N–H and O–H groups in total. The van der Waals surface area contributed by atoms with Crippen LogP contribution in [0.25, 0.3) is 11.0 Å². The van der Waals surface area contributed by atoms with Crippen molar-refractivity contribution in [3.05, 3.63) is 72.1 Å². The number of fused-ring (bicyclic) bond motifs is 3. The van der Waals surface area contributed by atoms with Crippen LogP contribution in [0.1, 0.15) is 5.56 Å². The molecule has 1 aliphatic heterocycles. The minimum atomic E-state index is -4.03. The molecule has 0 atom stereocenters. The van der Waals surface area contributed by atoms with Crippen molar-refractivity contribution in [2.75, 3.05) is 30.6 Å². The highest BCUT2D eigenvalue weighted by Gasteiger charge is 2.38. The fraction of sp³-hybridized carbons (Fsp3) is 0.160. The van der Waals surface area contributed by atoms with E-state index in [4.69, 9.17) is 9.47 Å². The number of carbonyl (C=O) groups excluding carboxylic acids is 2. The number of urea groups is 1. The summed E-state index contributed by atoms with van der Waals surface area (Å²) >= 11 is 0. The Balaban J connectivity index is 1.69. The predicted octanol–water partition coefficient (Wildman–Crippen LogP) is 3.71. The van der Waals surface area contributed by atoms with Crippen molar-refractivity contribution in [1.82, 2.24) is 8.96 Å². The van der Waals surface area contributed by atoms with Crippen molar-refractivity contribution in [3.63, 3.8) is 0 Å². The van der Waals surface area contributed by atoms with Crippen molar-refractivity contribution in [2.45, 2.75) is 11.4 Å². The van der Waals surface area contributed by atoms with Gasteiger partial charge in [-0.15, -0.1) is 0 Å². The van der Waals surface area contributed by atoms with E-state index >= 15 is 8.78 Å². The van der Waals surface area contributed by atoms with E-state index in [-0.39, 0.29) is 39.7 Å². The first-order valence-corrected chi connectivity index (χ1v) is 12.6. The Labute approximate surface area is 215 Å². The topological polar surface area (TPSA) is 111 Å². The summed E-state index contributed by atoms with van der Waals surface area (Å²) in [5.41, 5.74) is -0.169. The standard InChI is InChI=1S/C25H20F2N4O6S/c1-36-18-12-19(37-2)21(27)23(20(18)26)30-14-15-13-28-24-17(22(15)29(10-11-32)25(30)33)8-9-31(24)38(34,35)16-6-4-3-5-7-16/h3-9,11-13H,10,14H2,1-2H3. The van der Waals surface area contributed by atoms with Crippen LogP contribution in [0.3, 0.4) is 0 Å². The molecule has 38 heavy (non-hydrogen) atoms. The van der Waals surface area contributed by atoms with Gasteiger partial charge in [0.2, 0.25) is 0 Å². The van der Waals surface area contributed by atoms with Gasteiger partial charge in [-0.3, -0.25) is 9.80 Å². The van der Waals surface area contributed by atoms with Gasteiger partial charge in [0, 0.05) is 29.4 Å². The largest absolute Gasteiger partial charge is 0.493 e. The van der Waals surface area contributed by atoms with Crippen LogP contribution < -0.4 is 19.3 Å². The molecule has 0 unspecified atom stereocenters. The Kier molecular flexibility index (Phi) is 6.23. The maximum Gasteiger partial charge on any atom is 0.329 e. The molecule has 0 aliphatic carbocycles. The van der Waals surface area contributed by atoms with Crippen LogP contribution in [0.5, 0.6) is 11.5 Å². The lowest BCUT2D eigenvalue weighted by Gasteiger charge is -2.36. The van der Waals surface area contributed by atoms with E-state index in [0.29, 0.717) is 11.8 Å². The number of hydrogen-bond acceptors (Lipinski definition) is 7. The molecule has 0 saturated carbocycles. The SMILES string of the molecule is COc1cc(OC)c(F)c(N2Cc3cnc4c(ccn4S(=O)(=O)c4ccccc4)c3N(CC=O)C2=O)c1F. The molecular formula is C25H20F2N4O6S. The number of nitrogens with zero attached hydrogens (tertiary/aromatic N) is 4. The lowest BCUT2D eigenvalue weighted by atomic mass is 10.1. The second-order valence-electron chi connectivity index (χ2n) is 8.20. The highest BCUT2D eigenvalue weighted by atomic mass is 32.2. The lowest BCUT2D eigenvalue weighted by molar-refractivity contribution is -0.106. The van der Waals surface area contributed by atoms with E-state index in [2.05, 4.69) is 4.98 Å². The molecule has 1 aliphatic rings. The second-order valence-corrected chi connectivity index (χ2v) is 10.0. The molecule has 0 radical (unpaired) electrons. The van der Waals surface area contributed by atoms with Crippen LogP contribution in [-0.4, -0.2) is 50.5 Å². The molecule has 3 heterocycles. The van der Waals surface area contributed by atoms with E-state index in [1.807, 2.05) is 0 Å². The van der Waals surface area contributed by atoms with E-state index in [9.17, 15) is 18.0 Å². The molecule has 5 rings (SSSR count). The Morgan fingerprint density at radius 1 is 1.03 bits per heavy atom. The van der Waals surface area contributed by atoms with Gasteiger partial charge in [0.05, 0.1) is 37.9 Å². The summed E-state index contributed by atoms with van der Waals surface area (Å²) in [7, 11) is -1.67. The van der Waals surface area contributed by atoms with Crippen LogP contribution >= 0.6 is 0 Å². The van der Waals surface area contributed by atoms with Gasteiger partial charge in [0.1, 0.15) is 12.0 Å². The number of aromatic nitrogens is 2. The van der Waals surface area contributed by atoms with Crippen molar-refractivity contribution < 1.29 is 36.3 Å². The Bertz CT molecular complexity index is 1660. The number of hydrogen-bond donors (Lipinski definition) is 0. The van der Waals surface area contributed by atoms with Crippen molar-refractivity contribution in [3.8, 4) is 11.5 Å². The molecule has 2 aromatic carbocycles. The predicted molar refractivity (Wildman–Crippen MR) is 133 cm³/mol. The molecule has 0 fully saturated rings. The van der Waals surface area contributed by atoms with Gasteiger partial charge < -0.3 is 14.3 Å². The Hall–Kier alpha value is -4.52. The molecule has 4 aromatic rings. The highest BCUT2D eigenvalue weighted by molar-refractivity contribution is 7.90. The van der Waals surface area contributed by atoms with E-state index in [1.165, 1.54) is 44.8 Å². The maximum atomic E-state index is 15.3. The first-order valence-electron chi connectivity index (χ1n) is 11.2. The number of ether oxygens (including phenoxy) is 2. The molecule has 0 bridgehead atoms. The zero-order valence-corrected chi connectivity index (χ0v) is 20.9. The summed E-state index contributed by atoms with van der Waals surface area (Å²) in [6.45, 7) is -0.796. The van der Waals surface area contributed by atoms with Crippen LogP contribution in [0.15, 0.2) is 59.8 Å². The number of amides is 2. The average molecular weight is 543 g/mol. The average Bonchev–Trinajstić information content (AvgIpc) is 3.37. The fourth-order valence-corrected chi connectivity index (χ4v) is 5.75. The van der Waals surface area contributed by atoms with Crippen LogP contribution in [0.2, 0.25) is 0 Å². The quantitative estimate of drug-likeness (QED) is 0.327. The minimum absolute atomic E-state index is 0.0187. The number of anilines is 2. The molecule has 10 nitrogen and oxygen atoms in total. The number of rotatable bonds is 7. The number of aldehydes is 1. The van der Waals surface area contributed by atoms with Crippen LogP contribution in [0.4, 0.5) is 25.0 Å². The van der Waals surface area contributed by atoms with Gasteiger partial charge in [0.15, 0.2) is 28.8 Å². The number of carbonyl (C=O) groups is 2. The summed E-state index contributed by atoms with van der Waals surface area (Å²) in [6.07, 6.45) is 3.05. The van der Waals surface area contributed by atoms with E-state index in [0.717, 1.165) is 19.8 Å². The van der Waals surface area contributed by atoms with Gasteiger partial charge in [-0.05, 0) is 18.2 Å². The summed E-state index contributed by atoms with van der Waals surface area (Å²) in [5.74, 6) is -2.98. The molecule has 0 saturated heterocycles. The Morgan fingerprint density at radius 2 is 1.68 bits per heavy atom. The Morgan fingerprint density at radius 3 is 2.29 bits per heavy atom. The number of halogens is 2. The summed E-state index contributed by atoms with van der Waals surface area (Å²) in [5, 5.41) is 0.265. The van der Waals surface area contributed by atoms with Crippen LogP contribution in [-0.2, 0) is 21.4 Å². The van der Waals surface area contributed by atoms with Gasteiger partial charge >= 0.3 is 6.03 Å². The van der Waals surface area contributed by atoms with Crippen LogP contribution in [0, 0.1) is 11.6 Å². The monoisotopic (exact) mass is 542 g/mol. The third kappa shape index (κ3) is 3.74. The molecule has 2 amide bonds. The van der Waals surface area contributed by atoms with Crippen molar-refractivity contribution in [1.29, 1.82) is 0 Å². The first kappa shape index (κ1) is 25.1. The number of methoxy groups -OCH3 is 2. The normalized spacial score (nSPS) is 13.5. The van der Waals surface area contributed by atoms with Gasteiger partial charge in [0.25, 0.3) is 10.0 Å². The molecule has 0 spiro atoms. The van der Waals surface area contributed by atoms with E-state index in [1.54, 1.807) is 18.2 Å². The lowest BCUT2D eigenvalue weighted by Crippen LogP contribution is -2.49. The third-order valence-corrected chi connectivity index (χ3v) is 7.85. The van der Waals surface area contributed by atoms with Gasteiger partial charge in [-0.25, -0.2) is 30.9 Å². The third-order valence-electron chi connectivity index (χ3n) is 6.17. The molecule has 2 aromatic heterocycles.